The first-order chi connectivity index (χ1) is 8.72. The van der Waals surface area contributed by atoms with Crippen molar-refractivity contribution in [2.45, 2.75) is 39.2 Å². The Labute approximate surface area is 113 Å². The van der Waals surface area contributed by atoms with Crippen LogP contribution < -0.4 is 10.6 Å². The van der Waals surface area contributed by atoms with E-state index >= 15 is 0 Å². The number of carbonyl (C=O) groups excluding carboxylic acids is 1. The Morgan fingerprint density at radius 3 is 2.42 bits per heavy atom. The van der Waals surface area contributed by atoms with Gasteiger partial charge in [-0.05, 0) is 37.5 Å². The quantitative estimate of drug-likeness (QED) is 0.782. The average molecular weight is 264 g/mol. The van der Waals surface area contributed by atoms with Crippen LogP contribution in [-0.2, 0) is 4.79 Å². The smallest absolute Gasteiger partial charge is 0.328 e. The Hall–Kier alpha value is -2.04. The highest BCUT2D eigenvalue weighted by Crippen LogP contribution is 2.18. The molecule has 0 atom stereocenters. The second kappa shape index (κ2) is 5.73. The van der Waals surface area contributed by atoms with Gasteiger partial charge < -0.3 is 15.7 Å². The van der Waals surface area contributed by atoms with E-state index in [9.17, 15) is 9.59 Å². The lowest BCUT2D eigenvalue weighted by Crippen LogP contribution is -2.51. The molecular weight excluding hydrogens is 244 g/mol. The first-order valence-electron chi connectivity index (χ1n) is 6.15. The van der Waals surface area contributed by atoms with Crippen molar-refractivity contribution in [1.82, 2.24) is 5.32 Å². The van der Waals surface area contributed by atoms with Crippen molar-refractivity contribution in [3.8, 4) is 0 Å². The molecule has 0 bridgehead atoms. The van der Waals surface area contributed by atoms with Crippen LogP contribution >= 0.6 is 0 Å². The molecule has 1 aromatic carbocycles. The Kier molecular flexibility index (Phi) is 4.53. The molecule has 5 heteroatoms. The van der Waals surface area contributed by atoms with Gasteiger partial charge in [0.15, 0.2) is 0 Å². The number of urea groups is 1. The van der Waals surface area contributed by atoms with Crippen molar-refractivity contribution >= 4 is 17.7 Å². The zero-order valence-corrected chi connectivity index (χ0v) is 11.7. The summed E-state index contributed by atoms with van der Waals surface area (Å²) in [6.07, 6.45) is 0. The molecule has 5 nitrogen and oxygen atoms in total. The van der Waals surface area contributed by atoms with E-state index in [-0.39, 0.29) is 0 Å². The van der Waals surface area contributed by atoms with E-state index in [2.05, 4.69) is 24.5 Å². The van der Waals surface area contributed by atoms with Crippen molar-refractivity contribution in [2.75, 3.05) is 5.32 Å². The van der Waals surface area contributed by atoms with E-state index in [1.165, 1.54) is 13.8 Å². The minimum absolute atomic E-state index is 0.361. The molecule has 0 aliphatic rings. The van der Waals surface area contributed by atoms with Gasteiger partial charge in [-0.1, -0.05) is 26.0 Å². The monoisotopic (exact) mass is 264 g/mol. The van der Waals surface area contributed by atoms with Crippen molar-refractivity contribution < 1.29 is 14.7 Å². The van der Waals surface area contributed by atoms with Crippen LogP contribution in [0.1, 0.15) is 39.2 Å². The number of carbonyl (C=O) groups is 2. The van der Waals surface area contributed by atoms with E-state index < -0.39 is 17.5 Å². The highest BCUT2D eigenvalue weighted by atomic mass is 16.4. The number of nitrogens with one attached hydrogen (secondary N) is 2. The molecule has 0 heterocycles. The summed E-state index contributed by atoms with van der Waals surface area (Å²) in [5.74, 6) is -0.723. The van der Waals surface area contributed by atoms with E-state index in [1.807, 2.05) is 18.2 Å². The number of aliphatic carboxylic acids is 1. The molecule has 0 aliphatic heterocycles. The molecule has 2 amide bonds. The molecule has 0 fully saturated rings. The summed E-state index contributed by atoms with van der Waals surface area (Å²) in [6.45, 7) is 6.98. The third kappa shape index (κ3) is 4.28. The molecule has 0 aromatic heterocycles. The van der Waals surface area contributed by atoms with Crippen LogP contribution in [0.5, 0.6) is 0 Å². The van der Waals surface area contributed by atoms with E-state index in [0.29, 0.717) is 11.6 Å². The number of carboxylic acid groups (broad SMARTS) is 1. The molecule has 0 spiro atoms. The lowest BCUT2D eigenvalue weighted by Gasteiger charge is -2.21. The van der Waals surface area contributed by atoms with Crippen LogP contribution in [0.15, 0.2) is 24.3 Å². The molecule has 0 aliphatic carbocycles. The molecular formula is C14H20N2O3. The fourth-order valence-corrected chi connectivity index (χ4v) is 1.48. The number of hydrogen-bond acceptors (Lipinski definition) is 2. The zero-order chi connectivity index (χ0) is 14.6. The third-order valence-electron chi connectivity index (χ3n) is 2.77. The number of rotatable bonds is 4. The summed E-state index contributed by atoms with van der Waals surface area (Å²) in [7, 11) is 0. The highest BCUT2D eigenvalue weighted by molar-refractivity contribution is 5.93. The maximum absolute atomic E-state index is 11.7. The van der Waals surface area contributed by atoms with Gasteiger partial charge in [0.05, 0.1) is 0 Å². The number of anilines is 1. The molecule has 0 saturated carbocycles. The van der Waals surface area contributed by atoms with Crippen LogP contribution in [0.3, 0.4) is 0 Å². The molecule has 104 valence electrons. The number of amides is 2. The molecule has 1 aromatic rings. The van der Waals surface area contributed by atoms with Gasteiger partial charge in [-0.2, -0.15) is 0 Å². The van der Waals surface area contributed by atoms with Gasteiger partial charge in [0.25, 0.3) is 0 Å². The minimum Gasteiger partial charge on any atom is -0.480 e. The molecule has 1 rings (SSSR count). The lowest BCUT2D eigenvalue weighted by atomic mass is 10.0. The predicted octanol–water partition coefficient (Wildman–Crippen LogP) is 2.79. The van der Waals surface area contributed by atoms with Crippen LogP contribution in [0.2, 0.25) is 0 Å². The molecule has 3 N–H and O–H groups in total. The Morgan fingerprint density at radius 2 is 1.89 bits per heavy atom. The second-order valence-corrected chi connectivity index (χ2v) is 5.29. The highest BCUT2D eigenvalue weighted by Gasteiger charge is 2.28. The van der Waals surface area contributed by atoms with E-state index in [0.717, 1.165) is 5.56 Å². The summed E-state index contributed by atoms with van der Waals surface area (Å²) in [6, 6.07) is 6.94. The summed E-state index contributed by atoms with van der Waals surface area (Å²) in [5.41, 5.74) is 0.444. The summed E-state index contributed by atoms with van der Waals surface area (Å²) >= 11 is 0. The fraction of sp³-hybridized carbons (Fsp3) is 0.429. The number of carboxylic acids is 1. The first-order valence-corrected chi connectivity index (χ1v) is 6.15. The Bertz CT molecular complexity index is 481. The maximum atomic E-state index is 11.7. The largest absolute Gasteiger partial charge is 0.480 e. The summed E-state index contributed by atoms with van der Waals surface area (Å²) in [5, 5.41) is 14.0. The second-order valence-electron chi connectivity index (χ2n) is 5.29. The predicted molar refractivity (Wildman–Crippen MR) is 74.4 cm³/mol. The van der Waals surface area contributed by atoms with Gasteiger partial charge in [-0.15, -0.1) is 0 Å². The summed E-state index contributed by atoms with van der Waals surface area (Å²) < 4.78 is 0. The Balaban J connectivity index is 2.72. The average Bonchev–Trinajstić information content (AvgIpc) is 2.28. The van der Waals surface area contributed by atoms with E-state index in [4.69, 9.17) is 5.11 Å². The van der Waals surface area contributed by atoms with Crippen molar-refractivity contribution in [1.29, 1.82) is 0 Å². The first kappa shape index (κ1) is 15.0. The van der Waals surface area contributed by atoms with Crippen LogP contribution in [0.25, 0.3) is 0 Å². The van der Waals surface area contributed by atoms with Crippen LogP contribution in [0, 0.1) is 0 Å². The standard InChI is InChI=1S/C14H20N2O3/c1-9(2)10-6-5-7-11(8-10)15-13(19)16-14(3,4)12(17)18/h5-9H,1-4H3,(H,17,18)(H2,15,16,19). The zero-order valence-electron chi connectivity index (χ0n) is 11.7. The van der Waals surface area contributed by atoms with Crippen LogP contribution in [0.4, 0.5) is 10.5 Å². The van der Waals surface area contributed by atoms with Gasteiger partial charge in [-0.3, -0.25) is 0 Å². The van der Waals surface area contributed by atoms with Gasteiger partial charge >= 0.3 is 12.0 Å². The van der Waals surface area contributed by atoms with Gasteiger partial charge in [0.2, 0.25) is 0 Å². The summed E-state index contributed by atoms with van der Waals surface area (Å²) in [4.78, 5) is 22.6. The van der Waals surface area contributed by atoms with Gasteiger partial charge in [-0.25, -0.2) is 9.59 Å². The van der Waals surface area contributed by atoms with Crippen molar-refractivity contribution in [3.63, 3.8) is 0 Å². The third-order valence-corrected chi connectivity index (χ3v) is 2.77. The van der Waals surface area contributed by atoms with Crippen molar-refractivity contribution in [2.24, 2.45) is 0 Å². The number of hydrogen-bond donors (Lipinski definition) is 3. The molecule has 19 heavy (non-hydrogen) atoms. The fourth-order valence-electron chi connectivity index (χ4n) is 1.48. The van der Waals surface area contributed by atoms with Gasteiger partial charge in [0, 0.05) is 5.69 Å². The topological polar surface area (TPSA) is 78.4 Å². The Morgan fingerprint density at radius 1 is 1.26 bits per heavy atom. The van der Waals surface area contributed by atoms with E-state index in [1.54, 1.807) is 6.07 Å². The SMILES string of the molecule is CC(C)c1cccc(NC(=O)NC(C)(C)C(=O)O)c1. The molecule has 0 saturated heterocycles. The van der Waals surface area contributed by atoms with Crippen molar-refractivity contribution in [3.05, 3.63) is 29.8 Å². The molecule has 0 radical (unpaired) electrons. The molecule has 0 unspecified atom stereocenters. The maximum Gasteiger partial charge on any atom is 0.328 e. The van der Waals surface area contributed by atoms with Crippen LogP contribution in [-0.4, -0.2) is 22.6 Å². The normalized spacial score (nSPS) is 11.2. The minimum atomic E-state index is -1.31. The lowest BCUT2D eigenvalue weighted by molar-refractivity contribution is -0.142. The number of benzene rings is 1. The van der Waals surface area contributed by atoms with Gasteiger partial charge in [0.1, 0.15) is 5.54 Å².